The molecule has 5 nitrogen and oxygen atoms in total. The highest BCUT2D eigenvalue weighted by Gasteiger charge is 2.12. The lowest BCUT2D eigenvalue weighted by molar-refractivity contribution is 0.102. The summed E-state index contributed by atoms with van der Waals surface area (Å²) in [4.78, 5) is 16.7. The molecule has 1 aromatic heterocycles. The van der Waals surface area contributed by atoms with Crippen molar-refractivity contribution < 1.29 is 13.9 Å². The number of rotatable bonds is 7. The third-order valence-corrected chi connectivity index (χ3v) is 3.93. The predicted octanol–water partition coefficient (Wildman–Crippen LogP) is 4.87. The second-order valence-electron chi connectivity index (χ2n) is 6.49. The van der Waals surface area contributed by atoms with E-state index >= 15 is 0 Å². The van der Waals surface area contributed by atoms with Crippen LogP contribution in [0.25, 0.3) is 0 Å². The molecule has 6 heteroatoms. The summed E-state index contributed by atoms with van der Waals surface area (Å²) < 4.78 is 19.5. The first kappa shape index (κ1) is 19.4. The summed E-state index contributed by atoms with van der Waals surface area (Å²) in [7, 11) is 0. The molecule has 0 aliphatic heterocycles. The maximum absolute atomic E-state index is 13.7. The Bertz CT molecular complexity index is 960. The molecular formula is C22H22FN3O2. The van der Waals surface area contributed by atoms with Crippen molar-refractivity contribution in [3.05, 3.63) is 83.9 Å². The summed E-state index contributed by atoms with van der Waals surface area (Å²) >= 11 is 0. The Hall–Kier alpha value is -3.41. The number of halogens is 1. The minimum Gasteiger partial charge on any atom is -0.489 e. The number of amides is 1. The summed E-state index contributed by atoms with van der Waals surface area (Å²) in [6.45, 7) is 4.15. The van der Waals surface area contributed by atoms with Crippen LogP contribution < -0.4 is 15.4 Å². The molecule has 0 fully saturated rings. The zero-order valence-electron chi connectivity index (χ0n) is 15.8. The largest absolute Gasteiger partial charge is 0.489 e. The van der Waals surface area contributed by atoms with Gasteiger partial charge in [-0.2, -0.15) is 0 Å². The molecule has 1 amide bonds. The molecular weight excluding hydrogens is 357 g/mol. The van der Waals surface area contributed by atoms with Crippen LogP contribution in [0, 0.1) is 5.82 Å². The number of pyridine rings is 1. The standard InChI is InChI=1S/C22H22FN3O2/c1-15(2)28-21-10-6-5-9-19(21)26-22(27)20-13-17(11-12-24-20)25-14-16-7-3-4-8-18(16)23/h3-13,15H,14H2,1-2H3,(H,24,25)(H,26,27). The zero-order valence-corrected chi connectivity index (χ0v) is 15.8. The van der Waals surface area contributed by atoms with Crippen molar-refractivity contribution in [1.82, 2.24) is 4.98 Å². The summed E-state index contributed by atoms with van der Waals surface area (Å²) in [5.74, 6) is -0.0298. The average Bonchev–Trinajstić information content (AvgIpc) is 2.69. The third kappa shape index (κ3) is 5.07. The molecule has 3 aromatic rings. The number of carbonyl (C=O) groups is 1. The van der Waals surface area contributed by atoms with Gasteiger partial charge in [0.25, 0.3) is 5.91 Å². The highest BCUT2D eigenvalue weighted by molar-refractivity contribution is 6.04. The van der Waals surface area contributed by atoms with Crippen LogP contribution in [-0.2, 0) is 6.54 Å². The van der Waals surface area contributed by atoms with Crippen LogP contribution in [0.15, 0.2) is 66.9 Å². The minimum absolute atomic E-state index is 0.0120. The lowest BCUT2D eigenvalue weighted by Gasteiger charge is -2.15. The molecule has 3 rings (SSSR count). The van der Waals surface area contributed by atoms with Gasteiger partial charge in [-0.05, 0) is 44.2 Å². The number of nitrogens with one attached hydrogen (secondary N) is 2. The Labute approximate surface area is 163 Å². The van der Waals surface area contributed by atoms with Gasteiger partial charge in [0.2, 0.25) is 0 Å². The number of benzene rings is 2. The van der Waals surface area contributed by atoms with Crippen molar-refractivity contribution in [2.24, 2.45) is 0 Å². The lowest BCUT2D eigenvalue weighted by Crippen LogP contribution is -2.16. The van der Waals surface area contributed by atoms with Gasteiger partial charge in [0.15, 0.2) is 0 Å². The molecule has 0 saturated heterocycles. The number of carbonyl (C=O) groups excluding carboxylic acids is 1. The van der Waals surface area contributed by atoms with Crippen LogP contribution in [0.3, 0.4) is 0 Å². The van der Waals surface area contributed by atoms with Crippen molar-refractivity contribution in [2.75, 3.05) is 10.6 Å². The molecule has 0 bridgehead atoms. The summed E-state index contributed by atoms with van der Waals surface area (Å²) in [6.07, 6.45) is 1.52. The van der Waals surface area contributed by atoms with Gasteiger partial charge in [-0.3, -0.25) is 9.78 Å². The lowest BCUT2D eigenvalue weighted by atomic mass is 10.2. The Balaban J connectivity index is 1.70. The zero-order chi connectivity index (χ0) is 19.9. The van der Waals surface area contributed by atoms with Crippen LogP contribution in [0.2, 0.25) is 0 Å². The Morgan fingerprint density at radius 2 is 1.86 bits per heavy atom. The second-order valence-corrected chi connectivity index (χ2v) is 6.49. The highest BCUT2D eigenvalue weighted by atomic mass is 19.1. The Morgan fingerprint density at radius 1 is 1.11 bits per heavy atom. The number of nitrogens with zero attached hydrogens (tertiary/aromatic N) is 1. The number of aromatic nitrogens is 1. The fourth-order valence-electron chi connectivity index (χ4n) is 2.62. The summed E-state index contributed by atoms with van der Waals surface area (Å²) in [5, 5.41) is 5.94. The van der Waals surface area contributed by atoms with Crippen LogP contribution in [0.5, 0.6) is 5.75 Å². The SMILES string of the molecule is CC(C)Oc1ccccc1NC(=O)c1cc(NCc2ccccc2F)ccn1. The van der Waals surface area contributed by atoms with Crippen LogP contribution >= 0.6 is 0 Å². The monoisotopic (exact) mass is 379 g/mol. The van der Waals surface area contributed by atoms with E-state index < -0.39 is 0 Å². The van der Waals surface area contributed by atoms with E-state index in [-0.39, 0.29) is 23.5 Å². The molecule has 144 valence electrons. The molecule has 0 radical (unpaired) electrons. The molecule has 0 aliphatic rings. The highest BCUT2D eigenvalue weighted by Crippen LogP contribution is 2.25. The van der Waals surface area contributed by atoms with E-state index in [0.29, 0.717) is 29.2 Å². The quantitative estimate of drug-likeness (QED) is 0.615. The van der Waals surface area contributed by atoms with Crippen LogP contribution in [0.1, 0.15) is 29.9 Å². The fourth-order valence-corrected chi connectivity index (χ4v) is 2.62. The molecule has 0 unspecified atom stereocenters. The van der Waals surface area contributed by atoms with Crippen molar-refractivity contribution in [2.45, 2.75) is 26.5 Å². The Morgan fingerprint density at radius 3 is 2.64 bits per heavy atom. The summed E-state index contributed by atoms with van der Waals surface area (Å²) in [5.41, 5.74) is 2.05. The maximum atomic E-state index is 13.7. The number of hydrogen-bond acceptors (Lipinski definition) is 4. The summed E-state index contributed by atoms with van der Waals surface area (Å²) in [6, 6.07) is 17.2. The van der Waals surface area contributed by atoms with Crippen LogP contribution in [0.4, 0.5) is 15.8 Å². The predicted molar refractivity (Wildman–Crippen MR) is 108 cm³/mol. The normalized spacial score (nSPS) is 10.6. The van der Waals surface area contributed by atoms with E-state index in [2.05, 4.69) is 15.6 Å². The molecule has 0 spiro atoms. The van der Waals surface area contributed by atoms with E-state index in [4.69, 9.17) is 4.74 Å². The van der Waals surface area contributed by atoms with Gasteiger partial charge >= 0.3 is 0 Å². The van der Waals surface area contributed by atoms with Gasteiger partial charge in [-0.1, -0.05) is 30.3 Å². The molecule has 0 saturated carbocycles. The van der Waals surface area contributed by atoms with Crippen LogP contribution in [-0.4, -0.2) is 17.0 Å². The fraction of sp³-hybridized carbons (Fsp3) is 0.182. The van der Waals surface area contributed by atoms with E-state index in [1.54, 1.807) is 42.5 Å². The van der Waals surface area contributed by atoms with Gasteiger partial charge in [0.05, 0.1) is 11.8 Å². The van der Waals surface area contributed by atoms with Crippen molar-refractivity contribution in [3.8, 4) is 5.75 Å². The average molecular weight is 379 g/mol. The number of ether oxygens (including phenoxy) is 1. The number of hydrogen-bond donors (Lipinski definition) is 2. The van der Waals surface area contributed by atoms with Gasteiger partial charge in [0, 0.05) is 24.0 Å². The van der Waals surface area contributed by atoms with Crippen molar-refractivity contribution in [3.63, 3.8) is 0 Å². The molecule has 28 heavy (non-hydrogen) atoms. The van der Waals surface area contributed by atoms with Crippen molar-refractivity contribution in [1.29, 1.82) is 0 Å². The smallest absolute Gasteiger partial charge is 0.274 e. The van der Waals surface area contributed by atoms with Gasteiger partial charge < -0.3 is 15.4 Å². The number of para-hydroxylation sites is 2. The Kier molecular flexibility index (Phi) is 6.22. The molecule has 0 atom stereocenters. The van der Waals surface area contributed by atoms with E-state index in [1.165, 1.54) is 12.3 Å². The van der Waals surface area contributed by atoms with Gasteiger partial charge in [-0.25, -0.2) is 4.39 Å². The first-order chi connectivity index (χ1) is 13.5. The van der Waals surface area contributed by atoms with Gasteiger partial charge in [-0.15, -0.1) is 0 Å². The second kappa shape index (κ2) is 8.99. The molecule has 2 N–H and O–H groups in total. The van der Waals surface area contributed by atoms with Gasteiger partial charge in [0.1, 0.15) is 17.3 Å². The first-order valence-corrected chi connectivity index (χ1v) is 9.03. The molecule has 2 aromatic carbocycles. The van der Waals surface area contributed by atoms with E-state index in [0.717, 1.165) is 0 Å². The molecule has 1 heterocycles. The molecule has 0 aliphatic carbocycles. The minimum atomic E-state index is -0.352. The topological polar surface area (TPSA) is 63.2 Å². The van der Waals surface area contributed by atoms with E-state index in [9.17, 15) is 9.18 Å². The maximum Gasteiger partial charge on any atom is 0.274 e. The first-order valence-electron chi connectivity index (χ1n) is 9.03. The number of anilines is 2. The van der Waals surface area contributed by atoms with Crippen molar-refractivity contribution >= 4 is 17.3 Å². The van der Waals surface area contributed by atoms with E-state index in [1.807, 2.05) is 26.0 Å². The third-order valence-electron chi connectivity index (χ3n) is 3.93.